The Morgan fingerprint density at radius 2 is 1.91 bits per heavy atom. The van der Waals surface area contributed by atoms with Crippen LogP contribution in [-0.2, 0) is 6.54 Å². The fraction of sp³-hybridized carbons (Fsp3) is 0.348. The van der Waals surface area contributed by atoms with Gasteiger partial charge in [0.1, 0.15) is 0 Å². The molecule has 0 aliphatic carbocycles. The molecule has 2 aromatic heterocycles. The zero-order chi connectivity index (χ0) is 24.3. The zero-order valence-electron chi connectivity index (χ0n) is 19.3. The van der Waals surface area contributed by atoms with Crippen LogP contribution in [0.2, 0.25) is 0 Å². The minimum absolute atomic E-state index is 0.0361. The Bertz CT molecular complexity index is 1330. The zero-order valence-corrected chi connectivity index (χ0v) is 20.1. The van der Waals surface area contributed by atoms with Gasteiger partial charge in [-0.2, -0.15) is 0 Å². The SMILES string of the molecule is CCCn1c(=O)[nH]c(=O)c2c(C(=O)Nc3ccccc3SC(=O)N(C)C)cc(C(C)C)nc21. The number of pyridine rings is 1. The molecule has 3 aromatic rings. The number of anilines is 1. The highest BCUT2D eigenvalue weighted by Crippen LogP contribution is 2.29. The van der Waals surface area contributed by atoms with Crippen molar-refractivity contribution in [3.05, 3.63) is 62.4 Å². The van der Waals surface area contributed by atoms with E-state index in [1.807, 2.05) is 20.8 Å². The minimum Gasteiger partial charge on any atom is -0.339 e. The number of aromatic nitrogens is 3. The van der Waals surface area contributed by atoms with E-state index in [4.69, 9.17) is 0 Å². The van der Waals surface area contributed by atoms with Gasteiger partial charge in [-0.25, -0.2) is 9.78 Å². The maximum Gasteiger partial charge on any atom is 0.329 e. The highest BCUT2D eigenvalue weighted by atomic mass is 32.2. The lowest BCUT2D eigenvalue weighted by molar-refractivity contribution is 0.102. The van der Waals surface area contributed by atoms with Gasteiger partial charge in [-0.3, -0.25) is 23.9 Å². The Balaban J connectivity index is 2.16. The summed E-state index contributed by atoms with van der Waals surface area (Å²) in [5, 5.41) is 2.69. The average Bonchev–Trinajstić information content (AvgIpc) is 2.76. The van der Waals surface area contributed by atoms with E-state index < -0.39 is 17.2 Å². The van der Waals surface area contributed by atoms with Gasteiger partial charge in [-0.15, -0.1) is 0 Å². The van der Waals surface area contributed by atoms with Crippen molar-refractivity contribution in [1.82, 2.24) is 19.4 Å². The molecule has 0 radical (unpaired) electrons. The number of thioether (sulfide) groups is 1. The summed E-state index contributed by atoms with van der Waals surface area (Å²) < 4.78 is 1.39. The number of H-pyrrole nitrogens is 1. The van der Waals surface area contributed by atoms with Crippen LogP contribution in [0, 0.1) is 0 Å². The lowest BCUT2D eigenvalue weighted by atomic mass is 10.0. The van der Waals surface area contributed by atoms with Gasteiger partial charge in [0, 0.05) is 31.2 Å². The van der Waals surface area contributed by atoms with Crippen LogP contribution >= 0.6 is 11.8 Å². The maximum atomic E-state index is 13.4. The number of hydrogen-bond acceptors (Lipinski definition) is 6. The Morgan fingerprint density at radius 1 is 1.21 bits per heavy atom. The molecule has 3 rings (SSSR count). The summed E-state index contributed by atoms with van der Waals surface area (Å²) in [5.41, 5.74) is 0.116. The number of rotatable bonds is 6. The highest BCUT2D eigenvalue weighted by molar-refractivity contribution is 8.13. The largest absolute Gasteiger partial charge is 0.339 e. The van der Waals surface area contributed by atoms with Gasteiger partial charge in [-0.05, 0) is 42.3 Å². The predicted molar refractivity (Wildman–Crippen MR) is 130 cm³/mol. The van der Waals surface area contributed by atoms with Crippen molar-refractivity contribution >= 4 is 39.6 Å². The molecule has 1 aromatic carbocycles. The molecule has 0 atom stereocenters. The van der Waals surface area contributed by atoms with E-state index >= 15 is 0 Å². The first-order chi connectivity index (χ1) is 15.6. The first kappa shape index (κ1) is 24.2. The van der Waals surface area contributed by atoms with E-state index in [1.165, 1.54) is 9.47 Å². The molecule has 0 aliphatic rings. The summed E-state index contributed by atoms with van der Waals surface area (Å²) in [7, 11) is 3.30. The maximum absolute atomic E-state index is 13.4. The molecule has 0 fully saturated rings. The number of nitrogens with zero attached hydrogens (tertiary/aromatic N) is 3. The fourth-order valence-corrected chi connectivity index (χ4v) is 3.98. The number of carbonyl (C=O) groups is 2. The monoisotopic (exact) mass is 469 g/mol. The molecule has 2 heterocycles. The summed E-state index contributed by atoms with van der Waals surface area (Å²) in [6.45, 7) is 6.11. The smallest absolute Gasteiger partial charge is 0.329 e. The van der Waals surface area contributed by atoms with Gasteiger partial charge < -0.3 is 10.2 Å². The van der Waals surface area contributed by atoms with Crippen LogP contribution in [0.15, 0.2) is 44.8 Å². The van der Waals surface area contributed by atoms with Gasteiger partial charge in [0.2, 0.25) is 0 Å². The third-order valence-electron chi connectivity index (χ3n) is 4.95. The van der Waals surface area contributed by atoms with Gasteiger partial charge >= 0.3 is 5.69 Å². The first-order valence-corrected chi connectivity index (χ1v) is 11.4. The number of para-hydroxylation sites is 1. The van der Waals surface area contributed by atoms with E-state index in [1.54, 1.807) is 44.4 Å². The number of aryl methyl sites for hydroxylation is 1. The van der Waals surface area contributed by atoms with E-state index in [-0.39, 0.29) is 27.8 Å². The van der Waals surface area contributed by atoms with E-state index in [2.05, 4.69) is 15.3 Å². The Kier molecular flexibility index (Phi) is 7.37. The number of fused-ring (bicyclic) bond motifs is 1. The lowest BCUT2D eigenvalue weighted by Crippen LogP contribution is -2.32. The van der Waals surface area contributed by atoms with Crippen LogP contribution in [0.25, 0.3) is 11.0 Å². The fourth-order valence-electron chi connectivity index (χ4n) is 3.23. The van der Waals surface area contributed by atoms with Crippen molar-refractivity contribution in [2.45, 2.75) is 44.6 Å². The van der Waals surface area contributed by atoms with Crippen LogP contribution in [0.3, 0.4) is 0 Å². The van der Waals surface area contributed by atoms with Crippen LogP contribution < -0.4 is 16.6 Å². The van der Waals surface area contributed by atoms with Crippen LogP contribution in [0.4, 0.5) is 10.5 Å². The second-order valence-corrected chi connectivity index (χ2v) is 9.06. The Labute approximate surface area is 195 Å². The number of amides is 2. The molecule has 2 amide bonds. The summed E-state index contributed by atoms with van der Waals surface area (Å²) in [5.74, 6) is -0.562. The molecule has 0 spiro atoms. The molecule has 2 N–H and O–H groups in total. The molecule has 0 saturated carbocycles. The molecular weight excluding hydrogens is 442 g/mol. The van der Waals surface area contributed by atoms with Crippen LogP contribution in [0.1, 0.15) is 49.2 Å². The average molecular weight is 470 g/mol. The normalized spacial score (nSPS) is 11.1. The third kappa shape index (κ3) is 5.16. The number of carbonyl (C=O) groups excluding carboxylic acids is 2. The van der Waals surface area contributed by atoms with Crippen molar-refractivity contribution < 1.29 is 9.59 Å². The van der Waals surface area contributed by atoms with E-state index in [9.17, 15) is 19.2 Å². The number of aromatic amines is 1. The third-order valence-corrected chi connectivity index (χ3v) is 6.07. The summed E-state index contributed by atoms with van der Waals surface area (Å²) >= 11 is 0.988. The highest BCUT2D eigenvalue weighted by Gasteiger charge is 2.21. The van der Waals surface area contributed by atoms with Gasteiger partial charge in [0.05, 0.1) is 16.6 Å². The second-order valence-electron chi connectivity index (χ2n) is 8.07. The molecule has 33 heavy (non-hydrogen) atoms. The van der Waals surface area contributed by atoms with Crippen molar-refractivity contribution in [1.29, 1.82) is 0 Å². The topological polar surface area (TPSA) is 117 Å². The minimum atomic E-state index is -0.666. The molecule has 0 unspecified atom stereocenters. The second kappa shape index (κ2) is 10.0. The predicted octanol–water partition coefficient (Wildman–Crippen LogP) is 3.64. The van der Waals surface area contributed by atoms with Crippen molar-refractivity contribution in [3.63, 3.8) is 0 Å². The van der Waals surface area contributed by atoms with E-state index in [0.717, 1.165) is 11.8 Å². The van der Waals surface area contributed by atoms with Gasteiger partial charge in [0.25, 0.3) is 16.7 Å². The Hall–Kier alpha value is -3.40. The lowest BCUT2D eigenvalue weighted by Gasteiger charge is -2.16. The quantitative estimate of drug-likeness (QED) is 0.532. The van der Waals surface area contributed by atoms with Gasteiger partial charge in [-0.1, -0.05) is 32.9 Å². The standard InChI is InChI=1S/C23H27N5O4S/c1-6-11-28-19-18(21(30)26-22(28)31)14(12-16(24-19)13(2)3)20(29)25-15-9-7-8-10-17(15)33-23(32)27(4)5/h7-10,12-13H,6,11H2,1-5H3,(H,25,29)(H,26,30,31). The Morgan fingerprint density at radius 3 is 2.55 bits per heavy atom. The van der Waals surface area contributed by atoms with Gasteiger partial charge in [0.15, 0.2) is 5.65 Å². The molecule has 0 saturated heterocycles. The number of benzene rings is 1. The molecule has 0 bridgehead atoms. The molecule has 9 nitrogen and oxygen atoms in total. The summed E-state index contributed by atoms with van der Waals surface area (Å²) in [6, 6.07) is 8.52. The first-order valence-electron chi connectivity index (χ1n) is 10.6. The molecule has 174 valence electrons. The van der Waals surface area contributed by atoms with Crippen molar-refractivity contribution in [3.8, 4) is 0 Å². The summed E-state index contributed by atoms with van der Waals surface area (Å²) in [4.78, 5) is 59.6. The summed E-state index contributed by atoms with van der Waals surface area (Å²) in [6.07, 6.45) is 0.653. The van der Waals surface area contributed by atoms with Crippen LogP contribution in [-0.4, -0.2) is 44.7 Å². The number of nitrogens with one attached hydrogen (secondary N) is 2. The number of hydrogen-bond donors (Lipinski definition) is 2. The van der Waals surface area contributed by atoms with Crippen LogP contribution in [0.5, 0.6) is 0 Å². The van der Waals surface area contributed by atoms with Crippen molar-refractivity contribution in [2.24, 2.45) is 0 Å². The van der Waals surface area contributed by atoms with Crippen molar-refractivity contribution in [2.75, 3.05) is 19.4 Å². The molecule has 0 aliphatic heterocycles. The molecule has 10 heteroatoms. The molecular formula is C23H27N5O4S. The van der Waals surface area contributed by atoms with E-state index in [0.29, 0.717) is 29.2 Å².